The van der Waals surface area contributed by atoms with Gasteiger partial charge in [-0.25, -0.2) is 13.2 Å². The lowest BCUT2D eigenvalue weighted by Crippen LogP contribution is -2.50. The number of likely N-dealkylation sites (tertiary alicyclic amines) is 1. The fourth-order valence-corrected chi connectivity index (χ4v) is 3.72. The molecular formula is C14H28N2O3S. The molecule has 1 rings (SSSR count). The first-order valence-electron chi connectivity index (χ1n) is 7.52. The highest BCUT2D eigenvalue weighted by atomic mass is 32.2. The lowest BCUT2D eigenvalue weighted by atomic mass is 10.1. The summed E-state index contributed by atoms with van der Waals surface area (Å²) < 4.78 is 23.1. The number of nitrogens with one attached hydrogen (secondary N) is 1. The van der Waals surface area contributed by atoms with E-state index in [1.165, 1.54) is 0 Å². The summed E-state index contributed by atoms with van der Waals surface area (Å²) in [6, 6.07) is -0.266. The van der Waals surface area contributed by atoms with E-state index in [4.69, 9.17) is 0 Å². The molecule has 1 aliphatic rings. The molecule has 0 radical (unpaired) electrons. The summed E-state index contributed by atoms with van der Waals surface area (Å²) in [6.45, 7) is 8.34. The summed E-state index contributed by atoms with van der Waals surface area (Å²) >= 11 is 0. The molecular weight excluding hydrogens is 276 g/mol. The Balaban J connectivity index is 2.60. The second kappa shape index (κ2) is 7.29. The predicted molar refractivity (Wildman–Crippen MR) is 81.5 cm³/mol. The van der Waals surface area contributed by atoms with E-state index in [9.17, 15) is 13.2 Å². The Morgan fingerprint density at radius 1 is 1.35 bits per heavy atom. The highest BCUT2D eigenvalue weighted by Crippen LogP contribution is 2.20. The molecule has 1 fully saturated rings. The molecule has 3 atom stereocenters. The van der Waals surface area contributed by atoms with Gasteiger partial charge < -0.3 is 10.2 Å². The molecule has 0 aromatic rings. The fraction of sp³-hybridized carbons (Fsp3) is 0.929. The number of hydrogen-bond acceptors (Lipinski definition) is 3. The molecule has 0 aromatic carbocycles. The lowest BCUT2D eigenvalue weighted by molar-refractivity contribution is 0.171. The van der Waals surface area contributed by atoms with Crippen LogP contribution in [-0.4, -0.2) is 49.5 Å². The van der Waals surface area contributed by atoms with E-state index in [1.807, 2.05) is 4.90 Å². The molecule has 0 saturated carbocycles. The first kappa shape index (κ1) is 17.3. The minimum absolute atomic E-state index is 0.00696. The number of sulfone groups is 1. The Hall–Kier alpha value is -0.780. The van der Waals surface area contributed by atoms with Crippen LogP contribution in [0.5, 0.6) is 0 Å². The molecule has 20 heavy (non-hydrogen) atoms. The molecule has 0 spiro atoms. The Kier molecular flexibility index (Phi) is 6.30. The maximum Gasteiger partial charge on any atom is 0.317 e. The number of carbonyl (C=O) groups is 1. The first-order chi connectivity index (χ1) is 9.25. The van der Waals surface area contributed by atoms with Crippen molar-refractivity contribution in [2.24, 2.45) is 5.92 Å². The molecule has 1 saturated heterocycles. The first-order valence-corrected chi connectivity index (χ1v) is 9.35. The molecule has 1 N–H and O–H groups in total. The van der Waals surface area contributed by atoms with Crippen molar-refractivity contribution in [3.63, 3.8) is 0 Å². The number of urea groups is 1. The van der Waals surface area contributed by atoms with Crippen LogP contribution in [0.3, 0.4) is 0 Å². The Labute approximate surface area is 123 Å². The highest BCUT2D eigenvalue weighted by Gasteiger charge is 2.26. The van der Waals surface area contributed by atoms with Crippen LogP contribution in [0.1, 0.15) is 47.0 Å². The maximum absolute atomic E-state index is 12.3. The summed E-state index contributed by atoms with van der Waals surface area (Å²) in [5.74, 6) is 0.623. The zero-order chi connectivity index (χ0) is 15.3. The lowest BCUT2D eigenvalue weighted by Gasteiger charge is -2.30. The molecule has 0 unspecified atom stereocenters. The number of amides is 2. The van der Waals surface area contributed by atoms with Crippen LogP contribution < -0.4 is 5.32 Å². The molecule has 0 aliphatic carbocycles. The van der Waals surface area contributed by atoms with Gasteiger partial charge in [-0.3, -0.25) is 0 Å². The van der Waals surface area contributed by atoms with E-state index >= 15 is 0 Å². The molecule has 1 heterocycles. The molecule has 118 valence electrons. The van der Waals surface area contributed by atoms with Crippen LogP contribution in [0.4, 0.5) is 4.79 Å². The van der Waals surface area contributed by atoms with Gasteiger partial charge >= 0.3 is 6.03 Å². The minimum atomic E-state index is -3.06. The molecule has 0 aromatic heterocycles. The van der Waals surface area contributed by atoms with Crippen molar-refractivity contribution >= 4 is 15.9 Å². The van der Waals surface area contributed by atoms with Gasteiger partial charge in [0.2, 0.25) is 0 Å². The third kappa shape index (κ3) is 5.31. The van der Waals surface area contributed by atoms with E-state index in [0.717, 1.165) is 25.8 Å². The van der Waals surface area contributed by atoms with Gasteiger partial charge in [0.1, 0.15) is 0 Å². The topological polar surface area (TPSA) is 66.5 Å². The average Bonchev–Trinajstić information content (AvgIpc) is 2.50. The fourth-order valence-electron chi connectivity index (χ4n) is 2.64. The van der Waals surface area contributed by atoms with Crippen LogP contribution in [0, 0.1) is 5.92 Å². The standard InChI is InChI=1S/C14H28N2O3S/c1-5-20(18,19)10-12(3)15-14(17)16-9-11(2)7-6-8-13(16)4/h11-13H,5-10H2,1-4H3,(H,15,17)/t11-,12+,13+/m1/s1. The minimum Gasteiger partial charge on any atom is -0.335 e. The van der Waals surface area contributed by atoms with Crippen LogP contribution in [0.15, 0.2) is 0 Å². The van der Waals surface area contributed by atoms with E-state index in [1.54, 1.807) is 13.8 Å². The SMILES string of the molecule is CCS(=O)(=O)C[C@H](C)NC(=O)N1C[C@H](C)CCC[C@@H]1C. The smallest absolute Gasteiger partial charge is 0.317 e. The van der Waals surface area contributed by atoms with Crippen molar-refractivity contribution in [1.82, 2.24) is 10.2 Å². The Morgan fingerprint density at radius 2 is 2.00 bits per heavy atom. The van der Waals surface area contributed by atoms with Crippen molar-refractivity contribution in [3.05, 3.63) is 0 Å². The van der Waals surface area contributed by atoms with E-state index in [-0.39, 0.29) is 29.6 Å². The van der Waals surface area contributed by atoms with Crippen molar-refractivity contribution < 1.29 is 13.2 Å². The summed E-state index contributed by atoms with van der Waals surface area (Å²) in [5.41, 5.74) is 0. The van der Waals surface area contributed by atoms with Gasteiger partial charge in [-0.15, -0.1) is 0 Å². The zero-order valence-corrected chi connectivity index (χ0v) is 13.9. The molecule has 0 bridgehead atoms. The van der Waals surface area contributed by atoms with Gasteiger partial charge in [-0.05, 0) is 32.6 Å². The summed E-state index contributed by atoms with van der Waals surface area (Å²) in [6.07, 6.45) is 3.30. The summed E-state index contributed by atoms with van der Waals surface area (Å²) in [5, 5.41) is 2.83. The Bertz CT molecular complexity index is 422. The number of hydrogen-bond donors (Lipinski definition) is 1. The zero-order valence-electron chi connectivity index (χ0n) is 13.1. The van der Waals surface area contributed by atoms with Crippen LogP contribution in [-0.2, 0) is 9.84 Å². The summed E-state index contributed by atoms with van der Waals surface area (Å²) in [7, 11) is -3.06. The van der Waals surface area contributed by atoms with E-state index in [2.05, 4.69) is 19.2 Å². The molecule has 2 amide bonds. The van der Waals surface area contributed by atoms with Gasteiger partial charge in [0, 0.05) is 24.4 Å². The Morgan fingerprint density at radius 3 is 2.60 bits per heavy atom. The molecule has 6 heteroatoms. The van der Waals surface area contributed by atoms with Gasteiger partial charge in [0.15, 0.2) is 9.84 Å². The van der Waals surface area contributed by atoms with E-state index in [0.29, 0.717) is 5.92 Å². The second-order valence-corrected chi connectivity index (χ2v) is 8.48. The molecule has 5 nitrogen and oxygen atoms in total. The number of nitrogens with zero attached hydrogens (tertiary/aromatic N) is 1. The van der Waals surface area contributed by atoms with Crippen molar-refractivity contribution in [2.45, 2.75) is 59.0 Å². The third-order valence-corrected chi connectivity index (χ3v) is 5.82. The monoisotopic (exact) mass is 304 g/mol. The predicted octanol–water partition coefficient (Wildman–Crippen LogP) is 2.03. The van der Waals surface area contributed by atoms with Crippen molar-refractivity contribution in [1.29, 1.82) is 0 Å². The van der Waals surface area contributed by atoms with Crippen LogP contribution in [0.2, 0.25) is 0 Å². The quantitative estimate of drug-likeness (QED) is 0.864. The normalized spacial score (nSPS) is 25.9. The summed E-state index contributed by atoms with van der Waals surface area (Å²) in [4.78, 5) is 14.2. The molecule has 1 aliphatic heterocycles. The number of rotatable bonds is 4. The average molecular weight is 304 g/mol. The van der Waals surface area contributed by atoms with Crippen molar-refractivity contribution in [3.8, 4) is 0 Å². The van der Waals surface area contributed by atoms with Gasteiger partial charge in [0.05, 0.1) is 5.75 Å². The van der Waals surface area contributed by atoms with Gasteiger partial charge in [-0.1, -0.05) is 20.3 Å². The maximum atomic E-state index is 12.3. The van der Waals surface area contributed by atoms with Crippen LogP contribution in [0.25, 0.3) is 0 Å². The van der Waals surface area contributed by atoms with E-state index < -0.39 is 9.84 Å². The van der Waals surface area contributed by atoms with Crippen LogP contribution >= 0.6 is 0 Å². The second-order valence-electron chi connectivity index (χ2n) is 6.09. The third-order valence-electron chi connectivity index (χ3n) is 3.93. The van der Waals surface area contributed by atoms with Gasteiger partial charge in [-0.2, -0.15) is 0 Å². The van der Waals surface area contributed by atoms with Crippen molar-refractivity contribution in [2.75, 3.05) is 18.1 Å². The highest BCUT2D eigenvalue weighted by molar-refractivity contribution is 7.91. The largest absolute Gasteiger partial charge is 0.335 e. The number of carbonyl (C=O) groups excluding carboxylic acids is 1. The van der Waals surface area contributed by atoms with Gasteiger partial charge in [0.25, 0.3) is 0 Å².